The zero-order valence-corrected chi connectivity index (χ0v) is 15.2. The number of hydrogen-bond acceptors (Lipinski definition) is 4. The maximum atomic E-state index is 13.2. The molecule has 1 aliphatic heterocycles. The largest absolute Gasteiger partial charge is 0.486 e. The topological polar surface area (TPSA) is 51.4 Å². The molecular weight excluding hydrogens is 341 g/mol. The molecule has 1 unspecified atom stereocenters. The lowest BCUT2D eigenvalue weighted by Gasteiger charge is -2.20. The van der Waals surface area contributed by atoms with Crippen LogP contribution in [0, 0.1) is 5.82 Å². The molecule has 1 aliphatic rings. The van der Waals surface area contributed by atoms with E-state index < -0.39 is 0 Å². The maximum Gasteiger partial charge on any atom is 0.125 e. The summed E-state index contributed by atoms with van der Waals surface area (Å²) < 4.78 is 19.4. The molecule has 27 heavy (non-hydrogen) atoms. The summed E-state index contributed by atoms with van der Waals surface area (Å²) >= 11 is 0. The molecule has 0 fully saturated rings. The Bertz CT molecular complexity index is 943. The van der Waals surface area contributed by atoms with Crippen molar-refractivity contribution in [2.75, 3.05) is 19.3 Å². The lowest BCUT2D eigenvalue weighted by Crippen LogP contribution is -2.18. The van der Waals surface area contributed by atoms with Crippen molar-refractivity contribution in [2.24, 2.45) is 0 Å². The molecule has 0 aliphatic carbocycles. The van der Waals surface area contributed by atoms with E-state index in [9.17, 15) is 4.39 Å². The van der Waals surface area contributed by atoms with E-state index in [2.05, 4.69) is 35.1 Å². The van der Waals surface area contributed by atoms with Crippen LogP contribution in [0.3, 0.4) is 0 Å². The molecule has 4 nitrogen and oxygen atoms in total. The average Bonchev–Trinajstić information content (AvgIpc) is 2.81. The Hall–Kier alpha value is -2.92. The third kappa shape index (κ3) is 3.93. The van der Waals surface area contributed by atoms with Crippen LogP contribution in [-0.2, 0) is 6.54 Å². The number of benzene rings is 2. The van der Waals surface area contributed by atoms with Crippen molar-refractivity contribution in [3.05, 3.63) is 77.6 Å². The number of halogens is 1. The van der Waals surface area contributed by atoms with Crippen molar-refractivity contribution in [3.8, 4) is 17.0 Å². The standard InChI is InChI=1S/C22H22FN3O/c1-26-12-11-21(27-18-8-6-17(23)7-9-18)19-10-5-15(13-16(19)14-26)20-3-2-4-22(24)25-20/h2-10,13,21H,11-12,14H2,1H3,(H2,24,25). The monoisotopic (exact) mass is 363 g/mol. The second-order valence-electron chi connectivity index (χ2n) is 6.95. The number of aromatic nitrogens is 1. The first-order chi connectivity index (χ1) is 13.1. The van der Waals surface area contributed by atoms with Gasteiger partial charge < -0.3 is 15.4 Å². The van der Waals surface area contributed by atoms with E-state index in [1.54, 1.807) is 18.2 Å². The van der Waals surface area contributed by atoms with E-state index in [0.29, 0.717) is 11.6 Å². The van der Waals surface area contributed by atoms with Crippen molar-refractivity contribution in [2.45, 2.75) is 19.1 Å². The number of anilines is 1. The lowest BCUT2D eigenvalue weighted by atomic mass is 9.97. The van der Waals surface area contributed by atoms with Crippen molar-refractivity contribution in [1.82, 2.24) is 9.88 Å². The van der Waals surface area contributed by atoms with Gasteiger partial charge in [0.15, 0.2) is 0 Å². The molecule has 2 heterocycles. The SMILES string of the molecule is CN1CCC(Oc2ccc(F)cc2)c2ccc(-c3cccc(N)n3)cc2C1. The highest BCUT2D eigenvalue weighted by Gasteiger charge is 2.23. The predicted molar refractivity (Wildman–Crippen MR) is 105 cm³/mol. The molecule has 0 saturated heterocycles. The van der Waals surface area contributed by atoms with E-state index >= 15 is 0 Å². The first-order valence-electron chi connectivity index (χ1n) is 9.05. The van der Waals surface area contributed by atoms with Gasteiger partial charge in [-0.3, -0.25) is 0 Å². The molecule has 5 heteroatoms. The van der Waals surface area contributed by atoms with Crippen molar-refractivity contribution in [3.63, 3.8) is 0 Å². The predicted octanol–water partition coefficient (Wildman–Crippen LogP) is 4.43. The number of pyridine rings is 1. The van der Waals surface area contributed by atoms with Gasteiger partial charge in [-0.25, -0.2) is 9.37 Å². The van der Waals surface area contributed by atoms with Crippen molar-refractivity contribution in [1.29, 1.82) is 0 Å². The Morgan fingerprint density at radius 2 is 1.93 bits per heavy atom. The Labute approximate surface area is 158 Å². The summed E-state index contributed by atoms with van der Waals surface area (Å²) in [5.74, 6) is 0.929. The van der Waals surface area contributed by atoms with Gasteiger partial charge in [-0.05, 0) is 60.6 Å². The van der Waals surface area contributed by atoms with Crippen LogP contribution in [0.2, 0.25) is 0 Å². The Kier molecular flexibility index (Phi) is 4.77. The van der Waals surface area contributed by atoms with Gasteiger partial charge in [0.1, 0.15) is 23.5 Å². The number of ether oxygens (including phenoxy) is 1. The molecule has 4 rings (SSSR count). The first kappa shape index (κ1) is 17.5. The van der Waals surface area contributed by atoms with E-state index in [-0.39, 0.29) is 11.9 Å². The fourth-order valence-corrected chi connectivity index (χ4v) is 3.49. The van der Waals surface area contributed by atoms with E-state index in [0.717, 1.165) is 36.3 Å². The molecule has 0 bridgehead atoms. The Morgan fingerprint density at radius 3 is 2.70 bits per heavy atom. The molecule has 138 valence electrons. The zero-order chi connectivity index (χ0) is 18.8. The summed E-state index contributed by atoms with van der Waals surface area (Å²) in [6, 6.07) is 18.2. The number of rotatable bonds is 3. The molecule has 2 aromatic carbocycles. The minimum Gasteiger partial charge on any atom is -0.486 e. The quantitative estimate of drug-likeness (QED) is 0.748. The lowest BCUT2D eigenvalue weighted by molar-refractivity contribution is 0.182. The summed E-state index contributed by atoms with van der Waals surface area (Å²) in [6.45, 7) is 1.77. The molecule has 0 radical (unpaired) electrons. The third-order valence-electron chi connectivity index (χ3n) is 4.86. The van der Waals surface area contributed by atoms with Gasteiger partial charge >= 0.3 is 0 Å². The Balaban J connectivity index is 1.68. The zero-order valence-electron chi connectivity index (χ0n) is 15.2. The molecular formula is C22H22FN3O. The molecule has 3 aromatic rings. The molecule has 1 atom stereocenters. The number of nitrogen functional groups attached to an aromatic ring is 1. The summed E-state index contributed by atoms with van der Waals surface area (Å²) in [4.78, 5) is 6.71. The van der Waals surface area contributed by atoms with Gasteiger partial charge in [0.25, 0.3) is 0 Å². The summed E-state index contributed by atoms with van der Waals surface area (Å²) in [7, 11) is 2.11. The van der Waals surface area contributed by atoms with E-state index in [1.165, 1.54) is 17.7 Å². The van der Waals surface area contributed by atoms with E-state index in [1.807, 2.05) is 12.1 Å². The van der Waals surface area contributed by atoms with Gasteiger partial charge in [-0.15, -0.1) is 0 Å². The van der Waals surface area contributed by atoms with Gasteiger partial charge in [0.2, 0.25) is 0 Å². The number of hydrogen-bond donors (Lipinski definition) is 1. The smallest absolute Gasteiger partial charge is 0.125 e. The van der Waals surface area contributed by atoms with Crippen LogP contribution in [0.25, 0.3) is 11.3 Å². The van der Waals surface area contributed by atoms with Gasteiger partial charge in [-0.2, -0.15) is 0 Å². The summed E-state index contributed by atoms with van der Waals surface area (Å²) in [6.07, 6.45) is 0.801. The molecule has 0 spiro atoms. The van der Waals surface area contributed by atoms with Crippen molar-refractivity contribution >= 4 is 5.82 Å². The van der Waals surface area contributed by atoms with Crippen LogP contribution in [0.15, 0.2) is 60.7 Å². The molecule has 1 aromatic heterocycles. The van der Waals surface area contributed by atoms with Crippen LogP contribution in [0.1, 0.15) is 23.7 Å². The molecule has 2 N–H and O–H groups in total. The number of fused-ring (bicyclic) bond motifs is 1. The van der Waals surface area contributed by atoms with Crippen molar-refractivity contribution < 1.29 is 9.13 Å². The van der Waals surface area contributed by atoms with Crippen LogP contribution in [0.4, 0.5) is 10.2 Å². The van der Waals surface area contributed by atoms with E-state index in [4.69, 9.17) is 10.5 Å². The second-order valence-corrected chi connectivity index (χ2v) is 6.95. The normalized spacial score (nSPS) is 17.2. The van der Waals surface area contributed by atoms with Crippen LogP contribution in [-0.4, -0.2) is 23.5 Å². The Morgan fingerprint density at radius 1 is 1.11 bits per heavy atom. The third-order valence-corrected chi connectivity index (χ3v) is 4.86. The number of nitrogens with zero attached hydrogens (tertiary/aromatic N) is 2. The van der Waals surface area contributed by atoms with Gasteiger partial charge in [-0.1, -0.05) is 18.2 Å². The highest BCUT2D eigenvalue weighted by Crippen LogP contribution is 2.33. The van der Waals surface area contributed by atoms with Crippen LogP contribution >= 0.6 is 0 Å². The maximum absolute atomic E-state index is 13.2. The summed E-state index contributed by atoms with van der Waals surface area (Å²) in [5.41, 5.74) is 10.1. The fraction of sp³-hybridized carbons (Fsp3) is 0.227. The van der Waals surface area contributed by atoms with Crippen LogP contribution in [0.5, 0.6) is 5.75 Å². The fourth-order valence-electron chi connectivity index (χ4n) is 3.49. The van der Waals surface area contributed by atoms with Gasteiger partial charge in [0.05, 0.1) is 5.69 Å². The van der Waals surface area contributed by atoms with Gasteiger partial charge in [0, 0.05) is 25.1 Å². The number of nitrogens with two attached hydrogens (primary N) is 1. The highest BCUT2D eigenvalue weighted by molar-refractivity contribution is 5.63. The minimum atomic E-state index is -0.261. The highest BCUT2D eigenvalue weighted by atomic mass is 19.1. The van der Waals surface area contributed by atoms with Crippen LogP contribution < -0.4 is 10.5 Å². The second kappa shape index (κ2) is 7.37. The minimum absolute atomic E-state index is 0.0711. The summed E-state index contributed by atoms with van der Waals surface area (Å²) in [5, 5.41) is 0. The average molecular weight is 363 g/mol. The first-order valence-corrected chi connectivity index (χ1v) is 9.05. The molecule has 0 amide bonds. The molecule has 0 saturated carbocycles.